The first-order valence-corrected chi connectivity index (χ1v) is 9.59. The van der Waals surface area contributed by atoms with Gasteiger partial charge in [0, 0.05) is 44.1 Å². The third kappa shape index (κ3) is 4.36. The Morgan fingerprint density at radius 2 is 1.70 bits per heavy atom. The molecule has 2 aromatic heterocycles. The van der Waals surface area contributed by atoms with Crippen LogP contribution in [0.15, 0.2) is 48.8 Å². The van der Waals surface area contributed by atoms with Crippen molar-refractivity contribution in [2.45, 2.75) is 0 Å². The lowest BCUT2D eigenvalue weighted by Crippen LogP contribution is -2.45. The maximum Gasteiger partial charge on any atom is 0.260 e. The summed E-state index contributed by atoms with van der Waals surface area (Å²) in [5.41, 5.74) is 7.89. The van der Waals surface area contributed by atoms with Gasteiger partial charge in [-0.05, 0) is 43.4 Å². The number of aromatic nitrogens is 3. The van der Waals surface area contributed by atoms with Gasteiger partial charge in [-0.1, -0.05) is 0 Å². The minimum absolute atomic E-state index is 0.227. The van der Waals surface area contributed by atoms with Gasteiger partial charge in [0.1, 0.15) is 5.82 Å². The van der Waals surface area contributed by atoms with Gasteiger partial charge in [-0.15, -0.1) is 0 Å². The molecule has 9 heteroatoms. The highest BCUT2D eigenvalue weighted by molar-refractivity contribution is 6.04. The number of nitrogens with one attached hydrogen (secondary N) is 1. The standard InChI is InChI=1S/C21H22FN7O/c1-28-8-10-29(11-9-28)21-24-12-15(13-25-21)20(30)27-19-17(23)6-7-18(26-19)14-2-4-16(22)5-3-14/h2-7,12-13H,8-11,23H2,1H3,(H,26,27,30). The van der Waals surface area contributed by atoms with E-state index in [0.717, 1.165) is 26.2 Å². The number of amides is 1. The highest BCUT2D eigenvalue weighted by Gasteiger charge is 2.17. The van der Waals surface area contributed by atoms with Crippen molar-refractivity contribution in [1.82, 2.24) is 19.9 Å². The van der Waals surface area contributed by atoms with Gasteiger partial charge in [0.2, 0.25) is 5.95 Å². The molecule has 3 heterocycles. The molecule has 1 aromatic carbocycles. The second kappa shape index (κ2) is 8.42. The van der Waals surface area contributed by atoms with Gasteiger partial charge in [-0.2, -0.15) is 0 Å². The molecule has 154 valence electrons. The predicted molar refractivity (Wildman–Crippen MR) is 114 cm³/mol. The Morgan fingerprint density at radius 3 is 2.37 bits per heavy atom. The van der Waals surface area contributed by atoms with Crippen LogP contribution in [0.5, 0.6) is 0 Å². The number of pyridine rings is 1. The molecular formula is C21H22FN7O. The van der Waals surface area contributed by atoms with Crippen LogP contribution < -0.4 is 16.0 Å². The highest BCUT2D eigenvalue weighted by Crippen LogP contribution is 2.24. The van der Waals surface area contributed by atoms with Crippen molar-refractivity contribution in [2.24, 2.45) is 0 Å². The first-order chi connectivity index (χ1) is 14.5. The van der Waals surface area contributed by atoms with E-state index in [2.05, 4.69) is 37.1 Å². The minimum atomic E-state index is -0.407. The molecule has 0 spiro atoms. The molecule has 0 unspecified atom stereocenters. The van der Waals surface area contributed by atoms with Gasteiger partial charge in [-0.3, -0.25) is 4.79 Å². The summed E-state index contributed by atoms with van der Waals surface area (Å²) in [5, 5.41) is 2.70. The van der Waals surface area contributed by atoms with Crippen LogP contribution in [0.2, 0.25) is 0 Å². The second-order valence-electron chi connectivity index (χ2n) is 7.16. The molecule has 0 aliphatic carbocycles. The van der Waals surface area contributed by atoms with E-state index in [-0.39, 0.29) is 11.6 Å². The largest absolute Gasteiger partial charge is 0.396 e. The zero-order valence-electron chi connectivity index (χ0n) is 16.5. The third-order valence-corrected chi connectivity index (χ3v) is 4.98. The summed E-state index contributed by atoms with van der Waals surface area (Å²) in [6, 6.07) is 9.30. The third-order valence-electron chi connectivity index (χ3n) is 4.98. The number of hydrogen-bond acceptors (Lipinski definition) is 7. The summed E-state index contributed by atoms with van der Waals surface area (Å²) in [7, 11) is 2.08. The molecular weight excluding hydrogens is 385 g/mol. The number of anilines is 3. The van der Waals surface area contributed by atoms with E-state index in [1.165, 1.54) is 24.5 Å². The van der Waals surface area contributed by atoms with E-state index in [9.17, 15) is 9.18 Å². The topological polar surface area (TPSA) is 100 Å². The number of carbonyl (C=O) groups excluding carboxylic acids is 1. The molecule has 1 aliphatic rings. The van der Waals surface area contributed by atoms with Crippen molar-refractivity contribution < 1.29 is 9.18 Å². The van der Waals surface area contributed by atoms with E-state index in [4.69, 9.17) is 5.73 Å². The van der Waals surface area contributed by atoms with Crippen molar-refractivity contribution in [3.8, 4) is 11.3 Å². The van der Waals surface area contributed by atoms with Crippen molar-refractivity contribution >= 4 is 23.4 Å². The monoisotopic (exact) mass is 407 g/mol. The van der Waals surface area contributed by atoms with Crippen LogP contribution in [0.1, 0.15) is 10.4 Å². The first kappa shape index (κ1) is 19.7. The van der Waals surface area contributed by atoms with E-state index in [1.54, 1.807) is 24.3 Å². The number of nitrogens with two attached hydrogens (primary N) is 1. The number of likely N-dealkylation sites (N-methyl/N-ethyl adjacent to an activating group) is 1. The zero-order valence-corrected chi connectivity index (χ0v) is 16.5. The zero-order chi connectivity index (χ0) is 21.1. The van der Waals surface area contributed by atoms with Crippen LogP contribution in [0, 0.1) is 5.82 Å². The molecule has 0 atom stereocenters. The maximum atomic E-state index is 13.2. The van der Waals surface area contributed by atoms with Crippen LogP contribution >= 0.6 is 0 Å². The molecule has 1 fully saturated rings. The molecule has 4 rings (SSSR count). The number of hydrogen-bond donors (Lipinski definition) is 2. The number of benzene rings is 1. The Labute approximate surface area is 173 Å². The van der Waals surface area contributed by atoms with E-state index in [0.29, 0.717) is 28.5 Å². The summed E-state index contributed by atoms with van der Waals surface area (Å²) in [6.45, 7) is 3.58. The minimum Gasteiger partial charge on any atom is -0.396 e. The Balaban J connectivity index is 1.48. The molecule has 0 bridgehead atoms. The average Bonchev–Trinajstić information content (AvgIpc) is 2.76. The quantitative estimate of drug-likeness (QED) is 0.684. The van der Waals surface area contributed by atoms with Crippen molar-refractivity contribution in [3.63, 3.8) is 0 Å². The molecule has 1 amide bonds. The van der Waals surface area contributed by atoms with Gasteiger partial charge in [0.05, 0.1) is 16.9 Å². The van der Waals surface area contributed by atoms with Crippen molar-refractivity contribution in [2.75, 3.05) is 49.2 Å². The SMILES string of the molecule is CN1CCN(c2ncc(C(=O)Nc3nc(-c4ccc(F)cc4)ccc3N)cn2)CC1. The Kier molecular flexibility index (Phi) is 5.53. The van der Waals surface area contributed by atoms with E-state index < -0.39 is 5.91 Å². The molecule has 30 heavy (non-hydrogen) atoms. The molecule has 0 saturated carbocycles. The molecule has 1 aliphatic heterocycles. The summed E-state index contributed by atoms with van der Waals surface area (Å²) >= 11 is 0. The number of rotatable bonds is 4. The molecule has 3 aromatic rings. The lowest BCUT2D eigenvalue weighted by Gasteiger charge is -2.32. The van der Waals surface area contributed by atoms with Gasteiger partial charge in [0.25, 0.3) is 5.91 Å². The number of halogens is 1. The second-order valence-corrected chi connectivity index (χ2v) is 7.16. The highest BCUT2D eigenvalue weighted by atomic mass is 19.1. The fourth-order valence-corrected chi connectivity index (χ4v) is 3.14. The first-order valence-electron chi connectivity index (χ1n) is 9.59. The van der Waals surface area contributed by atoms with Gasteiger partial charge >= 0.3 is 0 Å². The number of nitrogens with zero attached hydrogens (tertiary/aromatic N) is 5. The maximum absolute atomic E-state index is 13.2. The van der Waals surface area contributed by atoms with Crippen molar-refractivity contribution in [3.05, 3.63) is 60.2 Å². The molecule has 3 N–H and O–H groups in total. The Hall–Kier alpha value is -3.59. The predicted octanol–water partition coefficient (Wildman–Crippen LogP) is 2.26. The van der Waals surface area contributed by atoms with Crippen molar-refractivity contribution in [1.29, 1.82) is 0 Å². The van der Waals surface area contributed by atoms with Crippen LogP contribution in [-0.2, 0) is 0 Å². The number of piperazine rings is 1. The number of carbonyl (C=O) groups is 1. The van der Waals surface area contributed by atoms with E-state index in [1.807, 2.05) is 0 Å². The fourth-order valence-electron chi connectivity index (χ4n) is 3.14. The summed E-state index contributed by atoms with van der Waals surface area (Å²) in [5.74, 6) is 0.0960. The summed E-state index contributed by atoms with van der Waals surface area (Å²) in [6.07, 6.45) is 2.99. The fraction of sp³-hybridized carbons (Fsp3) is 0.238. The normalized spacial score (nSPS) is 14.5. The van der Waals surface area contributed by atoms with Crippen LogP contribution in [0.25, 0.3) is 11.3 Å². The number of nitrogen functional groups attached to an aromatic ring is 1. The van der Waals surface area contributed by atoms with Gasteiger partial charge < -0.3 is 20.9 Å². The molecule has 1 saturated heterocycles. The van der Waals surface area contributed by atoms with E-state index >= 15 is 0 Å². The average molecular weight is 407 g/mol. The van der Waals surface area contributed by atoms with Crippen LogP contribution in [0.4, 0.5) is 21.8 Å². The van der Waals surface area contributed by atoms with Gasteiger partial charge in [0.15, 0.2) is 5.82 Å². The molecule has 8 nitrogen and oxygen atoms in total. The summed E-state index contributed by atoms with van der Waals surface area (Å²) < 4.78 is 13.2. The lowest BCUT2D eigenvalue weighted by atomic mass is 10.1. The lowest BCUT2D eigenvalue weighted by molar-refractivity contribution is 0.102. The smallest absolute Gasteiger partial charge is 0.260 e. The Morgan fingerprint density at radius 1 is 1.03 bits per heavy atom. The van der Waals surface area contributed by atoms with Crippen LogP contribution in [-0.4, -0.2) is 59.0 Å². The summed E-state index contributed by atoms with van der Waals surface area (Å²) in [4.78, 5) is 30.0. The Bertz CT molecular complexity index is 1030. The van der Waals surface area contributed by atoms with Crippen LogP contribution in [0.3, 0.4) is 0 Å². The van der Waals surface area contributed by atoms with Gasteiger partial charge in [-0.25, -0.2) is 19.3 Å². The molecule has 0 radical (unpaired) electrons.